The molecule has 0 aliphatic rings. The third-order valence-corrected chi connectivity index (χ3v) is 2.09. The van der Waals surface area contributed by atoms with Crippen LogP contribution in [-0.4, -0.2) is 11.1 Å². The quantitative estimate of drug-likeness (QED) is 0.578. The summed E-state index contributed by atoms with van der Waals surface area (Å²) in [6.45, 7) is 3.12. The number of carboxylic acids is 1. The van der Waals surface area contributed by atoms with Crippen molar-refractivity contribution >= 4 is 17.6 Å². The molecule has 0 unspecified atom stereocenters. The fourth-order valence-electron chi connectivity index (χ4n) is 0.851. The van der Waals surface area contributed by atoms with Gasteiger partial charge in [0.05, 0.1) is 10.6 Å². The van der Waals surface area contributed by atoms with Crippen molar-refractivity contribution < 1.29 is 14.3 Å². The second kappa shape index (κ2) is 7.23. The summed E-state index contributed by atoms with van der Waals surface area (Å²) in [7, 11) is 0. The Balaban J connectivity index is 4.84. The summed E-state index contributed by atoms with van der Waals surface area (Å²) in [5.74, 6) is -1.94. The molecule has 0 aromatic carbocycles. The van der Waals surface area contributed by atoms with Crippen LogP contribution in [0.4, 0.5) is 4.39 Å². The van der Waals surface area contributed by atoms with Crippen LogP contribution < -0.4 is 0 Å². The van der Waals surface area contributed by atoms with E-state index in [4.69, 9.17) is 16.7 Å². The molecule has 0 aliphatic carbocycles. The number of carbonyl (C=O) groups is 1. The average molecular weight is 233 g/mol. The minimum absolute atomic E-state index is 0.232. The van der Waals surface area contributed by atoms with E-state index in [-0.39, 0.29) is 10.6 Å². The molecule has 0 rings (SSSR count). The maximum Gasteiger partial charge on any atom is 0.337 e. The molecule has 4 heteroatoms. The number of hydrogen-bond acceptors (Lipinski definition) is 1. The number of hydrogen-bond donors (Lipinski definition) is 1. The maximum absolute atomic E-state index is 12.7. The highest BCUT2D eigenvalue weighted by molar-refractivity contribution is 6.35. The van der Waals surface area contributed by atoms with Crippen LogP contribution in [0.15, 0.2) is 34.7 Å². The fraction of sp³-hybridized carbons (Fsp3) is 0.364. The van der Waals surface area contributed by atoms with Crippen LogP contribution in [-0.2, 0) is 4.79 Å². The van der Waals surface area contributed by atoms with Crippen molar-refractivity contribution in [1.29, 1.82) is 0 Å². The van der Waals surface area contributed by atoms with Gasteiger partial charge in [-0.15, -0.1) is 0 Å². The fourth-order valence-corrected chi connectivity index (χ4v) is 0.995. The Labute approximate surface area is 93.7 Å². The van der Waals surface area contributed by atoms with Crippen molar-refractivity contribution in [3.63, 3.8) is 0 Å². The molecule has 0 bridgehead atoms. The van der Waals surface area contributed by atoms with E-state index in [0.29, 0.717) is 0 Å². The SMILES string of the molecule is CCCC=CC=C(C(=O)O)C(Cl)=C(C)F. The number of aliphatic carboxylic acids is 1. The first-order chi connectivity index (χ1) is 7.00. The van der Waals surface area contributed by atoms with Gasteiger partial charge in [0.25, 0.3) is 0 Å². The molecule has 0 radical (unpaired) electrons. The van der Waals surface area contributed by atoms with Gasteiger partial charge in [0.2, 0.25) is 0 Å². The molecule has 0 heterocycles. The summed E-state index contributed by atoms with van der Waals surface area (Å²) in [6.07, 6.45) is 6.49. The molecule has 84 valence electrons. The van der Waals surface area contributed by atoms with Crippen molar-refractivity contribution in [3.8, 4) is 0 Å². The summed E-state index contributed by atoms with van der Waals surface area (Å²) >= 11 is 5.51. The highest BCUT2D eigenvalue weighted by Gasteiger charge is 2.13. The Morgan fingerprint density at radius 1 is 1.53 bits per heavy atom. The van der Waals surface area contributed by atoms with E-state index in [1.165, 1.54) is 6.08 Å². The summed E-state index contributed by atoms with van der Waals surface area (Å²) in [5.41, 5.74) is -0.232. The predicted octanol–water partition coefficient (Wildman–Crippen LogP) is 3.79. The second-order valence-corrected chi connectivity index (χ2v) is 3.33. The first-order valence-corrected chi connectivity index (χ1v) is 5.00. The second-order valence-electron chi connectivity index (χ2n) is 2.95. The summed E-state index contributed by atoms with van der Waals surface area (Å²) in [5, 5.41) is 8.40. The van der Waals surface area contributed by atoms with E-state index in [9.17, 15) is 9.18 Å². The van der Waals surface area contributed by atoms with E-state index in [1.807, 2.05) is 6.92 Å². The molecule has 2 nitrogen and oxygen atoms in total. The summed E-state index contributed by atoms with van der Waals surface area (Å²) in [4.78, 5) is 10.7. The highest BCUT2D eigenvalue weighted by Crippen LogP contribution is 2.20. The largest absolute Gasteiger partial charge is 0.478 e. The molecule has 0 aliphatic heterocycles. The molecule has 0 aromatic rings. The minimum Gasteiger partial charge on any atom is -0.478 e. The molecule has 0 fully saturated rings. The van der Waals surface area contributed by atoms with Crippen molar-refractivity contribution in [2.24, 2.45) is 0 Å². The Morgan fingerprint density at radius 2 is 2.13 bits per heavy atom. The van der Waals surface area contributed by atoms with E-state index in [1.54, 1.807) is 12.2 Å². The van der Waals surface area contributed by atoms with Crippen molar-refractivity contribution in [3.05, 3.63) is 34.7 Å². The maximum atomic E-state index is 12.7. The van der Waals surface area contributed by atoms with E-state index in [2.05, 4.69) is 0 Å². The summed E-state index contributed by atoms with van der Waals surface area (Å²) < 4.78 is 12.7. The van der Waals surface area contributed by atoms with Gasteiger partial charge in [0.1, 0.15) is 5.83 Å². The van der Waals surface area contributed by atoms with Crippen molar-refractivity contribution in [1.82, 2.24) is 0 Å². The van der Waals surface area contributed by atoms with Crippen LogP contribution >= 0.6 is 11.6 Å². The Morgan fingerprint density at radius 3 is 2.53 bits per heavy atom. The lowest BCUT2D eigenvalue weighted by atomic mass is 10.2. The number of unbranched alkanes of at least 4 members (excludes halogenated alkanes) is 1. The number of halogens is 2. The van der Waals surface area contributed by atoms with Crippen LogP contribution in [0.2, 0.25) is 0 Å². The van der Waals surface area contributed by atoms with E-state index < -0.39 is 11.8 Å². The van der Waals surface area contributed by atoms with Gasteiger partial charge in [0, 0.05) is 0 Å². The zero-order valence-electron chi connectivity index (χ0n) is 8.76. The van der Waals surface area contributed by atoms with Gasteiger partial charge in [0.15, 0.2) is 0 Å². The van der Waals surface area contributed by atoms with Crippen molar-refractivity contribution in [2.45, 2.75) is 26.7 Å². The van der Waals surface area contributed by atoms with Gasteiger partial charge in [-0.05, 0) is 19.4 Å². The lowest BCUT2D eigenvalue weighted by Gasteiger charge is -1.98. The summed E-state index contributed by atoms with van der Waals surface area (Å²) in [6, 6.07) is 0. The first-order valence-electron chi connectivity index (χ1n) is 4.63. The first kappa shape index (κ1) is 13.9. The third kappa shape index (κ3) is 5.37. The topological polar surface area (TPSA) is 37.3 Å². The number of carboxylic acid groups (broad SMARTS) is 1. The number of allylic oxidation sites excluding steroid dienone is 4. The van der Waals surface area contributed by atoms with Gasteiger partial charge < -0.3 is 5.11 Å². The third-order valence-electron chi connectivity index (χ3n) is 1.62. The predicted molar refractivity (Wildman–Crippen MR) is 59.4 cm³/mol. The van der Waals surface area contributed by atoms with Crippen molar-refractivity contribution in [2.75, 3.05) is 0 Å². The monoisotopic (exact) mass is 232 g/mol. The molecular weight excluding hydrogens is 219 g/mol. The molecule has 1 N–H and O–H groups in total. The molecule has 0 saturated carbocycles. The van der Waals surface area contributed by atoms with E-state index >= 15 is 0 Å². The molecule has 0 saturated heterocycles. The minimum atomic E-state index is -1.24. The van der Waals surface area contributed by atoms with Gasteiger partial charge in [-0.25, -0.2) is 9.18 Å². The molecule has 0 aromatic heterocycles. The lowest BCUT2D eigenvalue weighted by molar-refractivity contribution is -0.132. The van der Waals surface area contributed by atoms with Gasteiger partial charge in [-0.3, -0.25) is 0 Å². The molecule has 0 amide bonds. The molecule has 15 heavy (non-hydrogen) atoms. The zero-order valence-corrected chi connectivity index (χ0v) is 9.51. The standard InChI is InChI=1S/C11H14ClFO2/c1-3-4-5-6-7-9(11(14)15)10(12)8(2)13/h5-7H,3-4H2,1-2H3,(H,14,15). The van der Waals surface area contributed by atoms with Crippen LogP contribution in [0.1, 0.15) is 26.7 Å². The zero-order chi connectivity index (χ0) is 11.8. The highest BCUT2D eigenvalue weighted by atomic mass is 35.5. The normalized spacial score (nSPS) is 14.3. The smallest absolute Gasteiger partial charge is 0.337 e. The Hall–Kier alpha value is -1.09. The van der Waals surface area contributed by atoms with Crippen LogP contribution in [0.3, 0.4) is 0 Å². The van der Waals surface area contributed by atoms with Crippen LogP contribution in [0.25, 0.3) is 0 Å². The average Bonchev–Trinajstić information content (AvgIpc) is 2.16. The van der Waals surface area contributed by atoms with Crippen LogP contribution in [0.5, 0.6) is 0 Å². The molecule has 0 spiro atoms. The van der Waals surface area contributed by atoms with Gasteiger partial charge >= 0.3 is 5.97 Å². The lowest BCUT2D eigenvalue weighted by Crippen LogP contribution is -2.01. The van der Waals surface area contributed by atoms with Crippen LogP contribution in [0, 0.1) is 0 Å². The Bertz CT molecular complexity index is 313. The number of rotatable bonds is 5. The van der Waals surface area contributed by atoms with E-state index in [0.717, 1.165) is 19.8 Å². The van der Waals surface area contributed by atoms with Gasteiger partial charge in [-0.2, -0.15) is 0 Å². The molecular formula is C11H14ClFO2. The Kier molecular flexibility index (Phi) is 6.71. The molecule has 0 atom stereocenters. The van der Waals surface area contributed by atoms with Gasteiger partial charge in [-0.1, -0.05) is 37.1 Å².